The summed E-state index contributed by atoms with van der Waals surface area (Å²) in [7, 11) is -3.69. The molecule has 0 spiro atoms. The molecule has 0 saturated heterocycles. The minimum atomic E-state index is -3.69. The average Bonchev–Trinajstić information content (AvgIpc) is 2.38. The fourth-order valence-electron chi connectivity index (χ4n) is 1.71. The Morgan fingerprint density at radius 2 is 2.21 bits per heavy atom. The topological polar surface area (TPSA) is 81.4 Å². The summed E-state index contributed by atoms with van der Waals surface area (Å²) < 4.78 is 26.0. The van der Waals surface area contributed by atoms with Crippen molar-refractivity contribution < 1.29 is 13.5 Å². The molecule has 1 aromatic carbocycles. The van der Waals surface area contributed by atoms with E-state index in [1.807, 2.05) is 6.07 Å². The monoisotopic (exact) mass is 280 g/mol. The average molecular weight is 280 g/mol. The fraction of sp³-hybridized carbons (Fsp3) is 0.308. The summed E-state index contributed by atoms with van der Waals surface area (Å²) in [6.45, 7) is 5.02. The van der Waals surface area contributed by atoms with Crippen molar-refractivity contribution >= 4 is 10.0 Å². The van der Waals surface area contributed by atoms with E-state index in [2.05, 4.69) is 6.58 Å². The van der Waals surface area contributed by atoms with Crippen molar-refractivity contribution in [2.24, 2.45) is 0 Å². The van der Waals surface area contributed by atoms with E-state index in [1.54, 1.807) is 6.92 Å². The SMILES string of the molecule is C=CCN(CCO)S(=O)(=O)c1ccc(C#N)cc1C. The summed E-state index contributed by atoms with van der Waals surface area (Å²) in [6, 6.07) is 6.36. The Hall–Kier alpha value is -1.68. The second-order valence-electron chi connectivity index (χ2n) is 3.97. The summed E-state index contributed by atoms with van der Waals surface area (Å²) in [4.78, 5) is 0.141. The molecule has 0 aliphatic carbocycles. The maximum Gasteiger partial charge on any atom is 0.243 e. The molecule has 0 aliphatic heterocycles. The predicted molar refractivity (Wildman–Crippen MR) is 71.9 cm³/mol. The number of nitrogens with zero attached hydrogens (tertiary/aromatic N) is 2. The molecule has 1 N–H and O–H groups in total. The first-order valence-electron chi connectivity index (χ1n) is 5.70. The van der Waals surface area contributed by atoms with E-state index in [9.17, 15) is 8.42 Å². The number of rotatable bonds is 6. The minimum absolute atomic E-state index is 0.00773. The van der Waals surface area contributed by atoms with Gasteiger partial charge in [-0.1, -0.05) is 6.08 Å². The molecule has 0 amide bonds. The Morgan fingerprint density at radius 1 is 1.53 bits per heavy atom. The van der Waals surface area contributed by atoms with Gasteiger partial charge in [-0.05, 0) is 30.7 Å². The number of aliphatic hydroxyl groups excluding tert-OH is 1. The highest BCUT2D eigenvalue weighted by atomic mass is 32.2. The van der Waals surface area contributed by atoms with Gasteiger partial charge in [-0.3, -0.25) is 0 Å². The molecule has 0 unspecified atom stereocenters. The van der Waals surface area contributed by atoms with Gasteiger partial charge >= 0.3 is 0 Å². The third-order valence-corrected chi connectivity index (χ3v) is 4.63. The number of hydrogen-bond acceptors (Lipinski definition) is 4. The van der Waals surface area contributed by atoms with Gasteiger partial charge in [0.2, 0.25) is 10.0 Å². The Labute approximate surface area is 113 Å². The van der Waals surface area contributed by atoms with Crippen LogP contribution in [0.25, 0.3) is 0 Å². The van der Waals surface area contributed by atoms with Crippen LogP contribution in [0, 0.1) is 18.3 Å². The van der Waals surface area contributed by atoms with Crippen molar-refractivity contribution in [3.8, 4) is 6.07 Å². The Balaban J connectivity index is 3.25. The molecule has 0 aromatic heterocycles. The molecule has 0 saturated carbocycles. The van der Waals surface area contributed by atoms with Gasteiger partial charge in [0.15, 0.2) is 0 Å². The van der Waals surface area contributed by atoms with Crippen molar-refractivity contribution in [2.45, 2.75) is 11.8 Å². The summed E-state index contributed by atoms with van der Waals surface area (Å²) >= 11 is 0. The van der Waals surface area contributed by atoms with Crippen molar-refractivity contribution in [3.63, 3.8) is 0 Å². The standard InChI is InChI=1S/C13H16N2O3S/c1-3-6-15(7-8-16)19(17,18)13-5-4-12(10-14)9-11(13)2/h3-5,9,16H,1,6-8H2,2H3. The summed E-state index contributed by atoms with van der Waals surface area (Å²) in [6.07, 6.45) is 1.46. The number of benzene rings is 1. The summed E-state index contributed by atoms with van der Waals surface area (Å²) in [5, 5.41) is 17.7. The zero-order valence-electron chi connectivity index (χ0n) is 10.7. The third-order valence-electron chi connectivity index (χ3n) is 2.60. The van der Waals surface area contributed by atoms with Gasteiger partial charge < -0.3 is 5.11 Å². The number of nitriles is 1. The highest BCUT2D eigenvalue weighted by molar-refractivity contribution is 7.89. The van der Waals surface area contributed by atoms with Crippen LogP contribution in [-0.2, 0) is 10.0 Å². The first kappa shape index (κ1) is 15.4. The molecule has 1 rings (SSSR count). The summed E-state index contributed by atoms with van der Waals surface area (Å²) in [5.74, 6) is 0. The molecule has 0 radical (unpaired) electrons. The molecular weight excluding hydrogens is 264 g/mol. The normalized spacial score (nSPS) is 11.3. The van der Waals surface area contributed by atoms with E-state index in [0.717, 1.165) is 4.31 Å². The van der Waals surface area contributed by atoms with Crippen molar-refractivity contribution in [3.05, 3.63) is 42.0 Å². The summed E-state index contributed by atoms with van der Waals surface area (Å²) in [5.41, 5.74) is 0.917. The molecular formula is C13H16N2O3S. The number of aliphatic hydroxyl groups is 1. The first-order chi connectivity index (χ1) is 8.97. The number of hydrogen-bond donors (Lipinski definition) is 1. The van der Waals surface area contributed by atoms with Gasteiger partial charge in [0.25, 0.3) is 0 Å². The second kappa shape index (κ2) is 6.48. The van der Waals surface area contributed by atoms with Crippen LogP contribution in [0.3, 0.4) is 0 Å². The largest absolute Gasteiger partial charge is 0.395 e. The Bertz CT molecular complexity index is 603. The van der Waals surface area contributed by atoms with Crippen molar-refractivity contribution in [1.82, 2.24) is 4.31 Å². The van der Waals surface area contributed by atoms with Gasteiger partial charge in [-0.15, -0.1) is 6.58 Å². The molecule has 0 aliphatic rings. The molecule has 19 heavy (non-hydrogen) atoms. The van der Waals surface area contributed by atoms with Crippen LogP contribution in [0.4, 0.5) is 0 Å². The first-order valence-corrected chi connectivity index (χ1v) is 7.14. The second-order valence-corrected chi connectivity index (χ2v) is 5.87. The van der Waals surface area contributed by atoms with Crippen molar-refractivity contribution in [2.75, 3.05) is 19.7 Å². The fourth-order valence-corrected chi connectivity index (χ4v) is 3.32. The van der Waals surface area contributed by atoms with E-state index in [1.165, 1.54) is 24.3 Å². The van der Waals surface area contributed by atoms with Crippen LogP contribution in [-0.4, -0.2) is 37.5 Å². The Morgan fingerprint density at radius 3 is 2.68 bits per heavy atom. The molecule has 0 fully saturated rings. The van der Waals surface area contributed by atoms with Gasteiger partial charge in [0, 0.05) is 13.1 Å². The maximum atomic E-state index is 12.4. The van der Waals surface area contributed by atoms with Gasteiger partial charge in [0.05, 0.1) is 23.1 Å². The quantitative estimate of drug-likeness (QED) is 0.789. The lowest BCUT2D eigenvalue weighted by molar-refractivity contribution is 0.260. The van der Waals surface area contributed by atoms with Crippen molar-refractivity contribution in [1.29, 1.82) is 5.26 Å². The highest BCUT2D eigenvalue weighted by Crippen LogP contribution is 2.20. The van der Waals surface area contributed by atoms with Gasteiger partial charge in [-0.25, -0.2) is 8.42 Å². The molecule has 6 heteroatoms. The number of sulfonamides is 1. The van der Waals surface area contributed by atoms with Crippen LogP contribution in [0.5, 0.6) is 0 Å². The minimum Gasteiger partial charge on any atom is -0.395 e. The lowest BCUT2D eigenvalue weighted by Gasteiger charge is -2.20. The molecule has 102 valence electrons. The third kappa shape index (κ3) is 3.41. The molecule has 1 aromatic rings. The predicted octanol–water partition coefficient (Wildman–Crippen LogP) is 1.04. The molecule has 0 heterocycles. The van der Waals surface area contributed by atoms with E-state index in [4.69, 9.17) is 10.4 Å². The lowest BCUT2D eigenvalue weighted by Crippen LogP contribution is -2.34. The van der Waals surface area contributed by atoms with E-state index in [0.29, 0.717) is 11.1 Å². The molecule has 0 bridgehead atoms. The lowest BCUT2D eigenvalue weighted by atomic mass is 10.2. The van der Waals surface area contributed by atoms with E-state index in [-0.39, 0.29) is 24.6 Å². The van der Waals surface area contributed by atoms with E-state index < -0.39 is 10.0 Å². The van der Waals surface area contributed by atoms with Crippen LogP contribution in [0.15, 0.2) is 35.7 Å². The smallest absolute Gasteiger partial charge is 0.243 e. The zero-order chi connectivity index (χ0) is 14.5. The Kier molecular flexibility index (Phi) is 5.24. The van der Waals surface area contributed by atoms with Gasteiger partial charge in [-0.2, -0.15) is 9.57 Å². The van der Waals surface area contributed by atoms with E-state index >= 15 is 0 Å². The molecule has 0 atom stereocenters. The van der Waals surface area contributed by atoms with Crippen LogP contribution >= 0.6 is 0 Å². The number of aryl methyl sites for hydroxylation is 1. The highest BCUT2D eigenvalue weighted by Gasteiger charge is 2.24. The van der Waals surface area contributed by atoms with Crippen LogP contribution in [0.2, 0.25) is 0 Å². The zero-order valence-corrected chi connectivity index (χ0v) is 11.5. The van der Waals surface area contributed by atoms with Crippen LogP contribution < -0.4 is 0 Å². The van der Waals surface area contributed by atoms with Crippen LogP contribution in [0.1, 0.15) is 11.1 Å². The molecule has 5 nitrogen and oxygen atoms in total. The maximum absolute atomic E-state index is 12.4. The van der Waals surface area contributed by atoms with Gasteiger partial charge in [0.1, 0.15) is 0 Å².